The monoisotopic (exact) mass is 436 g/mol. The summed E-state index contributed by atoms with van der Waals surface area (Å²) in [5, 5.41) is 0. The van der Waals surface area contributed by atoms with E-state index < -0.39 is 0 Å². The molecule has 0 saturated carbocycles. The average molecular weight is 437 g/mol. The lowest BCUT2D eigenvalue weighted by Gasteiger charge is -2.32. The van der Waals surface area contributed by atoms with E-state index in [4.69, 9.17) is 9.72 Å². The normalized spacial score (nSPS) is 19.8. The number of carbonyl (C=O) groups excluding carboxylic acids is 1. The van der Waals surface area contributed by atoms with Crippen LogP contribution in [0.25, 0.3) is 16.7 Å². The van der Waals surface area contributed by atoms with Gasteiger partial charge in [0.15, 0.2) is 0 Å². The Labute approximate surface area is 187 Å². The first-order valence-corrected chi connectivity index (χ1v) is 12.1. The van der Waals surface area contributed by atoms with Crippen molar-refractivity contribution in [1.29, 1.82) is 0 Å². The highest BCUT2D eigenvalue weighted by molar-refractivity contribution is 7.99. The van der Waals surface area contributed by atoms with Gasteiger partial charge in [-0.1, -0.05) is 12.1 Å². The topological polar surface area (TPSA) is 50.6 Å². The van der Waals surface area contributed by atoms with Gasteiger partial charge in [-0.3, -0.25) is 14.3 Å². The summed E-state index contributed by atoms with van der Waals surface area (Å²) in [4.78, 5) is 22.6. The maximum absolute atomic E-state index is 13.2. The number of amides is 1. The minimum atomic E-state index is -0.0350. The van der Waals surface area contributed by atoms with Crippen molar-refractivity contribution in [1.82, 2.24) is 19.4 Å². The molecule has 2 aromatic carbocycles. The molecule has 0 bridgehead atoms. The molecular formula is C24H28N4O2S. The van der Waals surface area contributed by atoms with Gasteiger partial charge in [0.1, 0.15) is 11.6 Å². The van der Waals surface area contributed by atoms with Crippen molar-refractivity contribution in [3.63, 3.8) is 0 Å². The van der Waals surface area contributed by atoms with Crippen LogP contribution in [0.15, 0.2) is 48.5 Å². The van der Waals surface area contributed by atoms with E-state index in [-0.39, 0.29) is 6.04 Å². The van der Waals surface area contributed by atoms with Gasteiger partial charge in [-0.15, -0.1) is 0 Å². The molecular weight excluding hydrogens is 408 g/mol. The molecule has 5 rings (SSSR count). The van der Waals surface area contributed by atoms with E-state index in [9.17, 15) is 4.79 Å². The van der Waals surface area contributed by atoms with Crippen LogP contribution in [0.1, 0.15) is 18.7 Å². The minimum absolute atomic E-state index is 0.0350. The highest BCUT2D eigenvalue weighted by Gasteiger charge is 2.35. The van der Waals surface area contributed by atoms with Crippen molar-refractivity contribution in [3.8, 4) is 11.4 Å². The van der Waals surface area contributed by atoms with Crippen LogP contribution in [0.2, 0.25) is 0 Å². The predicted octanol–water partition coefficient (Wildman–Crippen LogP) is 3.57. The number of imidazole rings is 1. The van der Waals surface area contributed by atoms with Gasteiger partial charge in [0.25, 0.3) is 0 Å². The highest BCUT2D eigenvalue weighted by atomic mass is 32.2. The molecule has 0 radical (unpaired) electrons. The van der Waals surface area contributed by atoms with E-state index in [1.165, 1.54) is 0 Å². The second kappa shape index (κ2) is 8.93. The number of benzene rings is 2. The number of rotatable bonds is 5. The van der Waals surface area contributed by atoms with Crippen molar-refractivity contribution in [2.45, 2.75) is 25.4 Å². The first-order valence-electron chi connectivity index (χ1n) is 11.0. The Balaban J connectivity index is 1.46. The number of likely N-dealkylation sites (tertiary alicyclic amines) is 1. The van der Waals surface area contributed by atoms with Crippen LogP contribution in [0, 0.1) is 0 Å². The fourth-order valence-electron chi connectivity index (χ4n) is 4.67. The van der Waals surface area contributed by atoms with Crippen LogP contribution >= 0.6 is 11.8 Å². The molecule has 3 heterocycles. The Morgan fingerprint density at radius 3 is 2.65 bits per heavy atom. The number of aromatic nitrogens is 2. The standard InChI is InChI=1S/C24H28N4O2S/c1-30-19-10-8-18(9-11-19)28-21-6-3-2-5-20(21)25-23(28)17-27-12-4-7-22(27)24(29)26-13-15-31-16-14-26/h2-3,5-6,8-11,22H,4,7,12-17H2,1H3. The largest absolute Gasteiger partial charge is 0.497 e. The van der Waals surface area contributed by atoms with Gasteiger partial charge < -0.3 is 9.64 Å². The van der Waals surface area contributed by atoms with Gasteiger partial charge in [0, 0.05) is 30.3 Å². The minimum Gasteiger partial charge on any atom is -0.497 e. The second-order valence-corrected chi connectivity index (χ2v) is 9.34. The number of carbonyl (C=O) groups is 1. The van der Waals surface area contributed by atoms with Crippen molar-refractivity contribution in [2.75, 3.05) is 38.2 Å². The molecule has 1 atom stereocenters. The molecule has 31 heavy (non-hydrogen) atoms. The highest BCUT2D eigenvalue weighted by Crippen LogP contribution is 2.27. The third kappa shape index (κ3) is 4.04. The van der Waals surface area contributed by atoms with Crippen LogP contribution in [0.3, 0.4) is 0 Å². The third-order valence-electron chi connectivity index (χ3n) is 6.28. The van der Waals surface area contributed by atoms with E-state index >= 15 is 0 Å². The fraction of sp³-hybridized carbons (Fsp3) is 0.417. The molecule has 6 nitrogen and oxygen atoms in total. The molecule has 7 heteroatoms. The molecule has 1 amide bonds. The maximum Gasteiger partial charge on any atom is 0.239 e. The zero-order valence-electron chi connectivity index (χ0n) is 17.9. The molecule has 0 spiro atoms. The van der Waals surface area contributed by atoms with Gasteiger partial charge in [0.05, 0.1) is 30.7 Å². The molecule has 1 aromatic heterocycles. The van der Waals surface area contributed by atoms with Gasteiger partial charge in [0.2, 0.25) is 5.91 Å². The lowest BCUT2D eigenvalue weighted by Crippen LogP contribution is -2.48. The Hall–Kier alpha value is -2.51. The predicted molar refractivity (Wildman–Crippen MR) is 125 cm³/mol. The van der Waals surface area contributed by atoms with E-state index in [0.29, 0.717) is 12.5 Å². The molecule has 3 aromatic rings. The number of nitrogens with zero attached hydrogens (tertiary/aromatic N) is 4. The molecule has 0 aliphatic carbocycles. The van der Waals surface area contributed by atoms with E-state index in [1.54, 1.807) is 7.11 Å². The third-order valence-corrected chi connectivity index (χ3v) is 7.22. The number of fused-ring (bicyclic) bond motifs is 1. The van der Waals surface area contributed by atoms with E-state index in [2.05, 4.69) is 38.6 Å². The van der Waals surface area contributed by atoms with Crippen molar-refractivity contribution in [2.24, 2.45) is 0 Å². The van der Waals surface area contributed by atoms with Crippen LogP contribution in [-0.2, 0) is 11.3 Å². The zero-order chi connectivity index (χ0) is 21.2. The first kappa shape index (κ1) is 20.4. The summed E-state index contributed by atoms with van der Waals surface area (Å²) in [5.41, 5.74) is 3.11. The van der Waals surface area contributed by atoms with Crippen LogP contribution in [0.4, 0.5) is 0 Å². The van der Waals surface area contributed by atoms with Crippen molar-refractivity contribution < 1.29 is 9.53 Å². The van der Waals surface area contributed by atoms with E-state index in [1.807, 2.05) is 36.0 Å². The lowest BCUT2D eigenvalue weighted by molar-refractivity contribution is -0.135. The summed E-state index contributed by atoms with van der Waals surface area (Å²) in [6.45, 7) is 3.35. The molecule has 1 unspecified atom stereocenters. The summed E-state index contributed by atoms with van der Waals surface area (Å²) in [5.74, 6) is 4.20. The average Bonchev–Trinajstić information content (AvgIpc) is 3.43. The second-order valence-electron chi connectivity index (χ2n) is 8.12. The Morgan fingerprint density at radius 2 is 1.87 bits per heavy atom. The summed E-state index contributed by atoms with van der Waals surface area (Å²) in [6.07, 6.45) is 1.99. The lowest BCUT2D eigenvalue weighted by atomic mass is 10.2. The van der Waals surface area contributed by atoms with Gasteiger partial charge >= 0.3 is 0 Å². The SMILES string of the molecule is COc1ccc(-n2c(CN3CCCC3C(=O)N3CCSCC3)nc3ccccc32)cc1. The number of hydrogen-bond donors (Lipinski definition) is 0. The Morgan fingerprint density at radius 1 is 1.10 bits per heavy atom. The van der Waals surface area contributed by atoms with E-state index in [0.717, 1.165) is 72.3 Å². The van der Waals surface area contributed by atoms with Crippen LogP contribution < -0.4 is 4.74 Å². The van der Waals surface area contributed by atoms with Crippen LogP contribution in [-0.4, -0.2) is 69.5 Å². The molecule has 2 aliphatic rings. The Kier molecular flexibility index (Phi) is 5.87. The number of para-hydroxylation sites is 2. The fourth-order valence-corrected chi connectivity index (χ4v) is 5.58. The number of methoxy groups -OCH3 is 1. The summed E-state index contributed by atoms with van der Waals surface area (Å²) in [6, 6.07) is 16.3. The molecule has 2 saturated heterocycles. The zero-order valence-corrected chi connectivity index (χ0v) is 18.7. The summed E-state index contributed by atoms with van der Waals surface area (Å²) in [7, 11) is 1.68. The quantitative estimate of drug-likeness (QED) is 0.612. The van der Waals surface area contributed by atoms with Gasteiger partial charge in [-0.25, -0.2) is 4.98 Å². The molecule has 0 N–H and O–H groups in total. The Bertz CT molecular complexity index is 1060. The number of thioether (sulfide) groups is 1. The summed E-state index contributed by atoms with van der Waals surface area (Å²) < 4.78 is 7.55. The first-order chi connectivity index (χ1) is 15.2. The van der Waals surface area contributed by atoms with Gasteiger partial charge in [-0.2, -0.15) is 11.8 Å². The van der Waals surface area contributed by atoms with Crippen molar-refractivity contribution in [3.05, 3.63) is 54.4 Å². The molecule has 162 valence electrons. The smallest absolute Gasteiger partial charge is 0.239 e. The number of hydrogen-bond acceptors (Lipinski definition) is 5. The van der Waals surface area contributed by atoms with Crippen molar-refractivity contribution >= 4 is 28.7 Å². The molecule has 2 fully saturated rings. The van der Waals surface area contributed by atoms with Crippen LogP contribution in [0.5, 0.6) is 5.75 Å². The molecule has 2 aliphatic heterocycles. The number of ether oxygens (including phenoxy) is 1. The maximum atomic E-state index is 13.2. The summed E-state index contributed by atoms with van der Waals surface area (Å²) >= 11 is 1.94. The van der Waals surface area contributed by atoms with Gasteiger partial charge in [-0.05, 0) is 55.8 Å².